The summed E-state index contributed by atoms with van der Waals surface area (Å²) >= 11 is 5.78. The molecule has 0 bridgehead atoms. The van der Waals surface area contributed by atoms with Gasteiger partial charge in [-0.2, -0.15) is 0 Å². The average Bonchev–Trinajstić information content (AvgIpc) is 2.64. The van der Waals surface area contributed by atoms with Crippen molar-refractivity contribution < 1.29 is 23.1 Å². The molecule has 6 nitrogen and oxygen atoms in total. The van der Waals surface area contributed by atoms with Gasteiger partial charge in [0, 0.05) is 18.2 Å². The first kappa shape index (κ1) is 19.4. The standard InChI is InChI=1S/C21H18ClF2N3O3/c22-14-5-16(24)18(25-6-14)26-8-17(28)27(7-13-1-3-15(23)4-2-13)21(19(26)29)9-20(10-21)11-30-12-20/h1-6H,7-12H2. The van der Waals surface area contributed by atoms with Crippen LogP contribution in [0.5, 0.6) is 0 Å². The summed E-state index contributed by atoms with van der Waals surface area (Å²) in [6.45, 7) is 0.922. The third kappa shape index (κ3) is 2.89. The zero-order valence-electron chi connectivity index (χ0n) is 15.9. The molecule has 1 saturated carbocycles. The fraction of sp³-hybridized carbons (Fsp3) is 0.381. The van der Waals surface area contributed by atoms with Crippen molar-refractivity contribution in [3.05, 3.63) is 58.7 Å². The maximum atomic E-state index is 14.5. The van der Waals surface area contributed by atoms with Crippen LogP contribution in [-0.4, -0.2) is 47.0 Å². The third-order valence-electron chi connectivity index (χ3n) is 6.20. The highest BCUT2D eigenvalue weighted by Crippen LogP contribution is 2.57. The van der Waals surface area contributed by atoms with Crippen molar-refractivity contribution in [3.63, 3.8) is 0 Å². The van der Waals surface area contributed by atoms with E-state index in [1.807, 2.05) is 0 Å². The molecule has 30 heavy (non-hydrogen) atoms. The molecule has 1 aromatic heterocycles. The maximum Gasteiger partial charge on any atom is 0.254 e. The second-order valence-electron chi connectivity index (χ2n) is 8.33. The van der Waals surface area contributed by atoms with E-state index >= 15 is 0 Å². The largest absolute Gasteiger partial charge is 0.380 e. The van der Waals surface area contributed by atoms with Gasteiger partial charge in [-0.05, 0) is 36.6 Å². The first-order valence-corrected chi connectivity index (χ1v) is 9.96. The van der Waals surface area contributed by atoms with Crippen LogP contribution < -0.4 is 4.90 Å². The van der Waals surface area contributed by atoms with E-state index < -0.39 is 11.4 Å². The lowest BCUT2D eigenvalue weighted by atomic mass is 9.54. The first-order chi connectivity index (χ1) is 14.3. The Kier molecular flexibility index (Phi) is 4.34. The minimum Gasteiger partial charge on any atom is -0.380 e. The number of benzene rings is 1. The van der Waals surface area contributed by atoms with E-state index in [2.05, 4.69) is 4.98 Å². The Morgan fingerprint density at radius 2 is 1.83 bits per heavy atom. The summed E-state index contributed by atoms with van der Waals surface area (Å²) in [5.74, 6) is -2.02. The van der Waals surface area contributed by atoms with Gasteiger partial charge in [0.2, 0.25) is 5.91 Å². The molecule has 5 rings (SSSR count). The van der Waals surface area contributed by atoms with Crippen molar-refractivity contribution in [2.75, 3.05) is 24.7 Å². The molecule has 2 aliphatic heterocycles. The van der Waals surface area contributed by atoms with Crippen molar-refractivity contribution in [1.29, 1.82) is 0 Å². The second kappa shape index (κ2) is 6.72. The number of hydrogen-bond acceptors (Lipinski definition) is 4. The maximum absolute atomic E-state index is 14.5. The number of ether oxygens (including phenoxy) is 1. The van der Waals surface area contributed by atoms with Crippen LogP contribution in [0.15, 0.2) is 36.5 Å². The van der Waals surface area contributed by atoms with Gasteiger partial charge >= 0.3 is 0 Å². The fourth-order valence-electron chi connectivity index (χ4n) is 4.81. The van der Waals surface area contributed by atoms with Crippen LogP contribution in [-0.2, 0) is 20.9 Å². The molecular weight excluding hydrogens is 416 g/mol. The predicted molar refractivity (Wildman–Crippen MR) is 104 cm³/mol. The first-order valence-electron chi connectivity index (χ1n) is 9.58. The van der Waals surface area contributed by atoms with Gasteiger partial charge in [0.15, 0.2) is 11.6 Å². The number of aromatic nitrogens is 1. The highest BCUT2D eigenvalue weighted by Gasteiger charge is 2.68. The number of halogens is 3. The molecule has 2 aromatic rings. The molecule has 9 heteroatoms. The van der Waals surface area contributed by atoms with Crippen molar-refractivity contribution in [1.82, 2.24) is 9.88 Å². The quantitative estimate of drug-likeness (QED) is 0.746. The van der Waals surface area contributed by atoms with Crippen LogP contribution in [0.3, 0.4) is 0 Å². The van der Waals surface area contributed by atoms with Gasteiger partial charge in [-0.3, -0.25) is 14.5 Å². The lowest BCUT2D eigenvalue weighted by molar-refractivity contribution is -0.221. The van der Waals surface area contributed by atoms with Gasteiger partial charge in [0.25, 0.3) is 5.91 Å². The van der Waals surface area contributed by atoms with Gasteiger partial charge in [-0.15, -0.1) is 0 Å². The van der Waals surface area contributed by atoms with Crippen LogP contribution in [0, 0.1) is 17.0 Å². The molecule has 3 heterocycles. The van der Waals surface area contributed by atoms with E-state index in [0.29, 0.717) is 31.6 Å². The average molecular weight is 434 g/mol. The molecule has 1 aromatic carbocycles. The van der Waals surface area contributed by atoms with E-state index in [0.717, 1.165) is 11.0 Å². The molecule has 3 fully saturated rings. The summed E-state index contributed by atoms with van der Waals surface area (Å²) in [5, 5.41) is 0.105. The highest BCUT2D eigenvalue weighted by molar-refractivity contribution is 6.30. The zero-order chi connectivity index (χ0) is 21.1. The second-order valence-corrected chi connectivity index (χ2v) is 8.77. The number of hydrogen-bond donors (Lipinski definition) is 0. The Labute approximate surface area is 176 Å². The minimum absolute atomic E-state index is 0.105. The molecule has 0 unspecified atom stereocenters. The van der Waals surface area contributed by atoms with Crippen molar-refractivity contribution in [3.8, 4) is 0 Å². The van der Waals surface area contributed by atoms with E-state index in [-0.39, 0.29) is 47.0 Å². The summed E-state index contributed by atoms with van der Waals surface area (Å²) in [6.07, 6.45) is 2.13. The van der Waals surface area contributed by atoms with Crippen LogP contribution >= 0.6 is 11.6 Å². The molecule has 0 atom stereocenters. The molecule has 2 spiro atoms. The molecule has 1 aliphatic carbocycles. The molecular formula is C21H18ClF2N3O3. The summed E-state index contributed by atoms with van der Waals surface area (Å²) in [5.41, 5.74) is -0.514. The smallest absolute Gasteiger partial charge is 0.254 e. The Hall–Kier alpha value is -2.58. The van der Waals surface area contributed by atoms with E-state index in [1.165, 1.54) is 18.3 Å². The van der Waals surface area contributed by atoms with Crippen LogP contribution in [0.4, 0.5) is 14.6 Å². The topological polar surface area (TPSA) is 62.7 Å². The molecule has 156 valence electrons. The molecule has 2 amide bonds. The Balaban J connectivity index is 1.50. The Morgan fingerprint density at radius 1 is 1.13 bits per heavy atom. The van der Waals surface area contributed by atoms with Crippen LogP contribution in [0.25, 0.3) is 0 Å². The van der Waals surface area contributed by atoms with E-state index in [9.17, 15) is 18.4 Å². The summed E-state index contributed by atoms with van der Waals surface area (Å²) in [7, 11) is 0. The lowest BCUT2D eigenvalue weighted by Crippen LogP contribution is -2.77. The molecule has 3 aliphatic rings. The number of amides is 2. The number of piperazine rings is 1. The van der Waals surface area contributed by atoms with Crippen LogP contribution in [0.1, 0.15) is 18.4 Å². The fourth-order valence-corrected chi connectivity index (χ4v) is 4.96. The summed E-state index contributed by atoms with van der Waals surface area (Å²) < 4.78 is 33.1. The Bertz CT molecular complexity index is 1030. The van der Waals surface area contributed by atoms with Gasteiger partial charge in [-0.1, -0.05) is 23.7 Å². The molecule has 2 saturated heterocycles. The number of pyridine rings is 1. The van der Waals surface area contributed by atoms with Crippen molar-refractivity contribution in [2.45, 2.75) is 24.9 Å². The normalized spacial score (nSPS) is 21.7. The zero-order valence-corrected chi connectivity index (χ0v) is 16.7. The van der Waals surface area contributed by atoms with E-state index in [4.69, 9.17) is 16.3 Å². The number of carbonyl (C=O) groups is 2. The van der Waals surface area contributed by atoms with Crippen LogP contribution in [0.2, 0.25) is 5.02 Å². The molecule has 0 radical (unpaired) electrons. The van der Waals surface area contributed by atoms with Gasteiger partial charge in [0.05, 0.1) is 18.2 Å². The third-order valence-corrected chi connectivity index (χ3v) is 6.41. The van der Waals surface area contributed by atoms with Crippen molar-refractivity contribution in [2.24, 2.45) is 5.41 Å². The number of carbonyl (C=O) groups excluding carboxylic acids is 2. The van der Waals surface area contributed by atoms with E-state index in [1.54, 1.807) is 17.0 Å². The number of nitrogens with zero attached hydrogens (tertiary/aromatic N) is 3. The lowest BCUT2D eigenvalue weighted by Gasteiger charge is -2.64. The van der Waals surface area contributed by atoms with Crippen molar-refractivity contribution >= 4 is 29.2 Å². The number of rotatable bonds is 3. The number of anilines is 1. The predicted octanol–water partition coefficient (Wildman–Crippen LogP) is 2.94. The minimum atomic E-state index is -1.10. The monoisotopic (exact) mass is 433 g/mol. The van der Waals surface area contributed by atoms with Gasteiger partial charge in [0.1, 0.15) is 17.9 Å². The Morgan fingerprint density at radius 3 is 2.43 bits per heavy atom. The summed E-state index contributed by atoms with van der Waals surface area (Å²) in [6, 6.07) is 6.89. The van der Waals surface area contributed by atoms with Gasteiger partial charge in [-0.25, -0.2) is 13.8 Å². The highest BCUT2D eigenvalue weighted by atomic mass is 35.5. The SMILES string of the molecule is O=C1CN(c2ncc(Cl)cc2F)C(=O)C2(CC3(COC3)C2)N1Cc1ccc(F)cc1. The summed E-state index contributed by atoms with van der Waals surface area (Å²) in [4.78, 5) is 33.4. The van der Waals surface area contributed by atoms with Gasteiger partial charge < -0.3 is 9.64 Å². The molecule has 0 N–H and O–H groups in total.